The predicted molar refractivity (Wildman–Crippen MR) is 227 cm³/mol. The normalized spacial score (nSPS) is 14.4. The van der Waals surface area contributed by atoms with E-state index in [2.05, 4.69) is 139 Å². The van der Waals surface area contributed by atoms with Gasteiger partial charge in [-0.1, -0.05) is 139 Å². The molecule has 5 unspecified atom stereocenters. The average molecular weight is 751 g/mol. The fourth-order valence-electron chi connectivity index (χ4n) is 7.60. The minimum atomic E-state index is -0.157. The van der Waals surface area contributed by atoms with Gasteiger partial charge in [0.25, 0.3) is 0 Å². The van der Waals surface area contributed by atoms with Crippen molar-refractivity contribution in [1.29, 1.82) is 0 Å². The second kappa shape index (κ2) is 28.8. The Balaban J connectivity index is 0.000000406. The zero-order chi connectivity index (χ0) is 40.4. The van der Waals surface area contributed by atoms with Crippen LogP contribution in [0.2, 0.25) is 0 Å². The molecule has 6 heteroatoms. The number of hydrogen-bond acceptors (Lipinski definition) is 6. The van der Waals surface area contributed by atoms with Crippen molar-refractivity contribution in [2.24, 2.45) is 17.3 Å². The summed E-state index contributed by atoms with van der Waals surface area (Å²) in [5.74, 6) is 2.52. The van der Waals surface area contributed by atoms with Crippen LogP contribution in [0, 0.1) is 17.3 Å². The van der Waals surface area contributed by atoms with E-state index in [1.165, 1.54) is 16.7 Å². The standard InChI is InChI=1S/C17H28O2.C16H26O2.C15H24O2/c1-5-15(16-11-9-8-10-12-16)13-14(4)17(18-6-2)19-7-3;1-6-13(14-10-8-7-9-11-14)12-16(2,3)15(17-4)18-5;1-5-13(14-9-7-6-8-10-14)11-12(2)15(16-3)17-4/h8-12,14-15,17H,5-7,13H2,1-4H3;7-11,13,15H,6,12H2,1-5H3;6-10,12-13,15H,5,11H2,1-4H3. The Bertz CT molecular complexity index is 1260. The van der Waals surface area contributed by atoms with Crippen LogP contribution in [0.15, 0.2) is 91.0 Å². The molecule has 0 N–H and O–H groups in total. The molecule has 3 rings (SSSR count). The number of hydrogen-bond donors (Lipinski definition) is 0. The SMILES string of the molecule is CCC(CC(C)(C)C(OC)OC)c1ccccc1.CCC(CC(C)C(OC)OC)c1ccccc1.CCOC(OCC)C(C)CC(CC)c1ccccc1. The first-order valence-corrected chi connectivity index (χ1v) is 20.5. The second-order valence-electron chi connectivity index (χ2n) is 15.1. The summed E-state index contributed by atoms with van der Waals surface area (Å²) in [6, 6.07) is 32.1. The van der Waals surface area contributed by atoms with Gasteiger partial charge in [0.05, 0.1) is 0 Å². The van der Waals surface area contributed by atoms with Crippen molar-refractivity contribution in [3.63, 3.8) is 0 Å². The molecule has 306 valence electrons. The molecule has 0 radical (unpaired) electrons. The average Bonchev–Trinajstić information content (AvgIpc) is 3.20. The predicted octanol–water partition coefficient (Wildman–Crippen LogP) is 12.6. The number of rotatable bonds is 23. The third-order valence-corrected chi connectivity index (χ3v) is 10.5. The molecule has 5 atom stereocenters. The van der Waals surface area contributed by atoms with Gasteiger partial charge in [-0.05, 0) is 86.8 Å². The highest BCUT2D eigenvalue weighted by Gasteiger charge is 2.32. The molecule has 0 saturated heterocycles. The molecule has 0 aromatic heterocycles. The summed E-state index contributed by atoms with van der Waals surface area (Å²) < 4.78 is 32.9. The lowest BCUT2D eigenvalue weighted by Crippen LogP contribution is -2.34. The van der Waals surface area contributed by atoms with Crippen LogP contribution in [-0.4, -0.2) is 60.5 Å². The maximum atomic E-state index is 5.70. The Hall–Kier alpha value is -2.58. The monoisotopic (exact) mass is 751 g/mol. The van der Waals surface area contributed by atoms with Crippen molar-refractivity contribution >= 4 is 0 Å². The molecule has 0 spiro atoms. The molecule has 0 heterocycles. The lowest BCUT2D eigenvalue weighted by Gasteiger charge is -2.35. The van der Waals surface area contributed by atoms with Crippen molar-refractivity contribution in [2.75, 3.05) is 41.7 Å². The van der Waals surface area contributed by atoms with E-state index in [0.717, 1.165) is 38.5 Å². The molecule has 0 aliphatic heterocycles. The smallest absolute Gasteiger partial charge is 0.161 e. The highest BCUT2D eigenvalue weighted by atomic mass is 16.7. The van der Waals surface area contributed by atoms with Crippen molar-refractivity contribution in [3.8, 4) is 0 Å². The molecule has 3 aromatic rings. The molecule has 0 fully saturated rings. The fourth-order valence-corrected chi connectivity index (χ4v) is 7.60. The van der Waals surface area contributed by atoms with Gasteiger partial charge in [0.1, 0.15) is 0 Å². The molecule has 0 saturated carbocycles. The maximum Gasteiger partial charge on any atom is 0.161 e. The van der Waals surface area contributed by atoms with Gasteiger partial charge in [-0.15, -0.1) is 0 Å². The van der Waals surface area contributed by atoms with Crippen molar-refractivity contribution < 1.29 is 28.4 Å². The first-order chi connectivity index (χ1) is 26.0. The van der Waals surface area contributed by atoms with Crippen LogP contribution in [-0.2, 0) is 28.4 Å². The van der Waals surface area contributed by atoms with Crippen LogP contribution in [0.25, 0.3) is 0 Å². The van der Waals surface area contributed by atoms with E-state index in [9.17, 15) is 0 Å². The Morgan fingerprint density at radius 1 is 0.463 bits per heavy atom. The Morgan fingerprint density at radius 3 is 1.09 bits per heavy atom. The maximum absolute atomic E-state index is 5.70. The first kappa shape index (κ1) is 49.4. The highest BCUT2D eigenvalue weighted by molar-refractivity contribution is 5.21. The van der Waals surface area contributed by atoms with Gasteiger partial charge in [0.2, 0.25) is 0 Å². The van der Waals surface area contributed by atoms with Crippen molar-refractivity contribution in [2.45, 2.75) is 137 Å². The van der Waals surface area contributed by atoms with E-state index in [1.807, 2.05) is 13.8 Å². The lowest BCUT2D eigenvalue weighted by molar-refractivity contribution is -0.170. The lowest BCUT2D eigenvalue weighted by atomic mass is 9.78. The molecule has 0 bridgehead atoms. The number of methoxy groups -OCH3 is 4. The molecule has 0 aliphatic carbocycles. The van der Waals surface area contributed by atoms with Gasteiger partial charge in [0.15, 0.2) is 18.9 Å². The second-order valence-corrected chi connectivity index (χ2v) is 15.1. The summed E-state index contributed by atoms with van der Waals surface area (Å²) >= 11 is 0. The Kier molecular flexibility index (Phi) is 26.3. The quantitative estimate of drug-likeness (QED) is 0.0900. The van der Waals surface area contributed by atoms with Crippen LogP contribution in [0.3, 0.4) is 0 Å². The topological polar surface area (TPSA) is 55.4 Å². The van der Waals surface area contributed by atoms with Crippen LogP contribution in [0.4, 0.5) is 0 Å². The zero-order valence-electron chi connectivity index (χ0n) is 36.4. The van der Waals surface area contributed by atoms with E-state index in [1.54, 1.807) is 28.4 Å². The molecular formula is C48H78O6. The van der Waals surface area contributed by atoms with Crippen LogP contribution in [0.5, 0.6) is 0 Å². The van der Waals surface area contributed by atoms with Crippen LogP contribution in [0.1, 0.15) is 135 Å². The minimum Gasteiger partial charge on any atom is -0.356 e. The summed E-state index contributed by atoms with van der Waals surface area (Å²) in [5, 5.41) is 0. The van der Waals surface area contributed by atoms with Gasteiger partial charge in [-0.2, -0.15) is 0 Å². The van der Waals surface area contributed by atoms with E-state index in [-0.39, 0.29) is 24.3 Å². The molecule has 3 aromatic carbocycles. The summed E-state index contributed by atoms with van der Waals surface area (Å²) in [6.07, 6.45) is 6.34. The first-order valence-electron chi connectivity index (χ1n) is 20.5. The minimum absolute atomic E-state index is 0.0000180. The van der Waals surface area contributed by atoms with Gasteiger partial charge in [0, 0.05) is 58.9 Å². The number of ether oxygens (including phenoxy) is 6. The molecule has 0 amide bonds. The van der Waals surface area contributed by atoms with Gasteiger partial charge in [-0.25, -0.2) is 0 Å². The van der Waals surface area contributed by atoms with Crippen molar-refractivity contribution in [1.82, 2.24) is 0 Å². The zero-order valence-corrected chi connectivity index (χ0v) is 36.4. The van der Waals surface area contributed by atoms with Crippen LogP contribution >= 0.6 is 0 Å². The largest absolute Gasteiger partial charge is 0.356 e. The Labute approximate surface area is 331 Å². The molecule has 6 nitrogen and oxygen atoms in total. The summed E-state index contributed by atoms with van der Waals surface area (Å²) in [7, 11) is 6.82. The third kappa shape index (κ3) is 17.9. The summed E-state index contributed by atoms with van der Waals surface area (Å²) in [6.45, 7) is 21.0. The highest BCUT2D eigenvalue weighted by Crippen LogP contribution is 2.37. The fraction of sp³-hybridized carbons (Fsp3) is 0.625. The van der Waals surface area contributed by atoms with Crippen molar-refractivity contribution in [3.05, 3.63) is 108 Å². The van der Waals surface area contributed by atoms with E-state index in [0.29, 0.717) is 42.8 Å². The van der Waals surface area contributed by atoms with E-state index in [4.69, 9.17) is 28.4 Å². The third-order valence-electron chi connectivity index (χ3n) is 10.5. The van der Waals surface area contributed by atoms with Gasteiger partial charge >= 0.3 is 0 Å². The van der Waals surface area contributed by atoms with Gasteiger partial charge in [-0.3, -0.25) is 0 Å². The number of benzene rings is 3. The van der Waals surface area contributed by atoms with E-state index < -0.39 is 0 Å². The van der Waals surface area contributed by atoms with Gasteiger partial charge < -0.3 is 28.4 Å². The van der Waals surface area contributed by atoms with E-state index >= 15 is 0 Å². The summed E-state index contributed by atoms with van der Waals surface area (Å²) in [5.41, 5.74) is 4.23. The molecule has 54 heavy (non-hydrogen) atoms. The van der Waals surface area contributed by atoms with Crippen LogP contribution < -0.4 is 0 Å². The molecular weight excluding hydrogens is 673 g/mol. The summed E-state index contributed by atoms with van der Waals surface area (Å²) in [4.78, 5) is 0. The molecule has 0 aliphatic rings. The Morgan fingerprint density at radius 2 is 0.796 bits per heavy atom.